The molecule has 0 spiro atoms. The summed E-state index contributed by atoms with van der Waals surface area (Å²) >= 11 is 0. The van der Waals surface area contributed by atoms with Crippen LogP contribution in [0.1, 0.15) is 271 Å². The summed E-state index contributed by atoms with van der Waals surface area (Å²) in [5.41, 5.74) is 0. The third-order valence-corrected chi connectivity index (χ3v) is 11.9. The van der Waals surface area contributed by atoms with Crippen molar-refractivity contribution in [2.45, 2.75) is 277 Å². The Morgan fingerprint density at radius 1 is 0.483 bits per heavy atom. The van der Waals surface area contributed by atoms with Crippen LogP contribution in [-0.2, 0) is 28.6 Å². The van der Waals surface area contributed by atoms with Gasteiger partial charge >= 0.3 is 11.9 Å². The molecule has 0 bridgehead atoms. The van der Waals surface area contributed by atoms with Crippen LogP contribution in [-0.4, -0.2) is 70.2 Å². The summed E-state index contributed by atoms with van der Waals surface area (Å²) < 4.78 is 16.9. The molecule has 0 aromatic heterocycles. The molecule has 7 heteroatoms. The summed E-state index contributed by atoms with van der Waals surface area (Å²) in [6.07, 6.45) is 46.7. The molecule has 0 amide bonds. The Labute approximate surface area is 374 Å². The molecule has 0 aliphatic carbocycles. The molecule has 0 fully saturated rings. The smallest absolute Gasteiger partial charge is 0.308 e. The zero-order chi connectivity index (χ0) is 44.4. The minimum Gasteiger partial charge on any atom is -0.465 e. The number of unbranched alkanes of at least 4 members (excludes halogenated alkanes) is 28. The molecular weight excluding hydrogens is 747 g/mol. The normalized spacial score (nSPS) is 12.2. The van der Waals surface area contributed by atoms with Gasteiger partial charge in [0.05, 0.1) is 12.5 Å². The second-order valence-corrected chi connectivity index (χ2v) is 18.2. The maximum absolute atomic E-state index is 12.9. The van der Waals surface area contributed by atoms with Gasteiger partial charge in [0.15, 0.2) is 0 Å². The lowest BCUT2D eigenvalue weighted by Crippen LogP contribution is -2.19. The highest BCUT2D eigenvalue weighted by Crippen LogP contribution is 2.22. The van der Waals surface area contributed by atoms with Crippen molar-refractivity contribution in [3.63, 3.8) is 0 Å². The van der Waals surface area contributed by atoms with E-state index < -0.39 is 0 Å². The van der Waals surface area contributed by atoms with E-state index in [1.807, 2.05) is 0 Å². The molecule has 0 aliphatic heterocycles. The highest BCUT2D eigenvalue weighted by Gasteiger charge is 2.19. The summed E-state index contributed by atoms with van der Waals surface area (Å²) in [4.78, 5) is 37.6. The van der Waals surface area contributed by atoms with Crippen molar-refractivity contribution < 1.29 is 28.6 Å². The molecule has 358 valence electrons. The zero-order valence-corrected chi connectivity index (χ0v) is 41.3. The van der Waals surface area contributed by atoms with Crippen molar-refractivity contribution in [2.24, 2.45) is 5.92 Å². The van der Waals surface area contributed by atoms with E-state index in [2.05, 4.69) is 39.8 Å². The van der Waals surface area contributed by atoms with E-state index in [-0.39, 0.29) is 24.0 Å². The fourth-order valence-corrected chi connectivity index (χ4v) is 7.91. The van der Waals surface area contributed by atoms with E-state index >= 15 is 0 Å². The van der Waals surface area contributed by atoms with E-state index in [9.17, 15) is 14.4 Å². The van der Waals surface area contributed by atoms with Gasteiger partial charge in [-0.1, -0.05) is 188 Å². The lowest BCUT2D eigenvalue weighted by molar-refractivity contribution is -0.150. The highest BCUT2D eigenvalue weighted by atomic mass is 16.5. The van der Waals surface area contributed by atoms with Crippen LogP contribution in [0.2, 0.25) is 0 Å². The van der Waals surface area contributed by atoms with Crippen LogP contribution in [0.5, 0.6) is 0 Å². The second kappa shape index (κ2) is 51.9. The molecule has 0 saturated heterocycles. The molecule has 60 heavy (non-hydrogen) atoms. The van der Waals surface area contributed by atoms with E-state index in [0.717, 1.165) is 116 Å². The maximum atomic E-state index is 12.9. The van der Waals surface area contributed by atoms with Crippen LogP contribution in [0.25, 0.3) is 0 Å². The van der Waals surface area contributed by atoms with Gasteiger partial charge in [-0.25, -0.2) is 0 Å². The van der Waals surface area contributed by atoms with Crippen LogP contribution in [0.4, 0.5) is 0 Å². The number of ether oxygens (including phenoxy) is 3. The van der Waals surface area contributed by atoms with E-state index in [1.165, 1.54) is 148 Å². The predicted octanol–water partition coefficient (Wildman–Crippen LogP) is 15.7. The SMILES string of the molecule is CCCCCCCCC(CCCCCC)C(=O)OCCCCCCCCCC(CCCCCCCCCOC)OC(=O)CCCCN(C)C.CCCCCCCCCC=O. The third kappa shape index (κ3) is 49.2. The predicted molar refractivity (Wildman–Crippen MR) is 258 cm³/mol. The number of aldehydes is 1. The summed E-state index contributed by atoms with van der Waals surface area (Å²) in [5.74, 6) is 0.157. The van der Waals surface area contributed by atoms with Crippen molar-refractivity contribution in [2.75, 3.05) is 41.0 Å². The Morgan fingerprint density at radius 3 is 1.33 bits per heavy atom. The zero-order valence-electron chi connectivity index (χ0n) is 41.3. The van der Waals surface area contributed by atoms with Crippen molar-refractivity contribution in [1.29, 1.82) is 0 Å². The topological polar surface area (TPSA) is 82.1 Å². The van der Waals surface area contributed by atoms with Crippen LogP contribution in [0.3, 0.4) is 0 Å². The lowest BCUT2D eigenvalue weighted by Gasteiger charge is -2.18. The number of esters is 2. The fraction of sp³-hybridized carbons (Fsp3) is 0.943. The fourth-order valence-electron chi connectivity index (χ4n) is 7.91. The monoisotopic (exact) mass is 852 g/mol. The molecule has 2 unspecified atom stereocenters. The molecule has 0 aromatic rings. The molecule has 7 nitrogen and oxygen atoms in total. The average Bonchev–Trinajstić information content (AvgIpc) is 3.24. The summed E-state index contributed by atoms with van der Waals surface area (Å²) in [6, 6.07) is 0. The standard InChI is InChI=1S/C43H85NO5.C10H20O/c1-6-8-10-12-19-25-33-40(32-24-11-9-7-2)43(46)48-39-31-23-18-14-16-21-27-35-41(49-42(45)36-28-29-37-44(3)4)34-26-20-15-13-17-22-30-38-47-5;1-2-3-4-5-6-7-8-9-10-11/h40-41H,6-39H2,1-5H3;10H,2-9H2,1H3. The number of hydrogen-bond acceptors (Lipinski definition) is 7. The Bertz CT molecular complexity index is 866. The summed E-state index contributed by atoms with van der Waals surface area (Å²) in [5, 5.41) is 0. The van der Waals surface area contributed by atoms with Crippen LogP contribution in [0.15, 0.2) is 0 Å². The van der Waals surface area contributed by atoms with Crippen molar-refractivity contribution >= 4 is 18.2 Å². The number of nitrogens with zero attached hydrogens (tertiary/aromatic N) is 1. The first-order chi connectivity index (χ1) is 29.4. The largest absolute Gasteiger partial charge is 0.465 e. The third-order valence-electron chi connectivity index (χ3n) is 11.9. The number of rotatable bonds is 47. The maximum Gasteiger partial charge on any atom is 0.308 e. The summed E-state index contributed by atoms with van der Waals surface area (Å²) in [7, 11) is 5.93. The number of methoxy groups -OCH3 is 1. The molecule has 0 rings (SSSR count). The Balaban J connectivity index is 0. The lowest BCUT2D eigenvalue weighted by atomic mass is 9.94. The number of carbonyl (C=O) groups excluding carboxylic acids is 3. The van der Waals surface area contributed by atoms with E-state index in [4.69, 9.17) is 14.2 Å². The number of hydrogen-bond donors (Lipinski definition) is 0. The first-order valence-electron chi connectivity index (χ1n) is 26.3. The van der Waals surface area contributed by atoms with Gasteiger partial charge in [0.2, 0.25) is 0 Å². The Kier molecular flexibility index (Phi) is 52.4. The summed E-state index contributed by atoms with van der Waals surface area (Å²) in [6.45, 7) is 9.20. The van der Waals surface area contributed by atoms with Gasteiger partial charge in [-0.2, -0.15) is 0 Å². The average molecular weight is 852 g/mol. The number of carbonyl (C=O) groups is 3. The molecule has 0 N–H and O–H groups in total. The van der Waals surface area contributed by atoms with Gasteiger partial charge in [-0.15, -0.1) is 0 Å². The quantitative estimate of drug-likeness (QED) is 0.0343. The van der Waals surface area contributed by atoms with E-state index in [1.54, 1.807) is 7.11 Å². The Hall–Kier alpha value is -1.47. The van der Waals surface area contributed by atoms with Gasteiger partial charge in [0.1, 0.15) is 12.4 Å². The minimum absolute atomic E-state index is 0.00665. The van der Waals surface area contributed by atoms with Crippen LogP contribution in [0, 0.1) is 5.92 Å². The molecule has 0 aliphatic rings. The minimum atomic E-state index is -0.00665. The van der Waals surface area contributed by atoms with Crippen LogP contribution < -0.4 is 0 Å². The van der Waals surface area contributed by atoms with E-state index in [0.29, 0.717) is 13.0 Å². The first kappa shape index (κ1) is 60.6. The molecule has 0 aromatic carbocycles. The van der Waals surface area contributed by atoms with Gasteiger partial charge in [-0.05, 0) is 91.3 Å². The molecule has 0 heterocycles. The second-order valence-electron chi connectivity index (χ2n) is 18.2. The molecule has 0 saturated carbocycles. The van der Waals surface area contributed by atoms with Gasteiger partial charge in [0, 0.05) is 26.6 Å². The molecule has 2 atom stereocenters. The van der Waals surface area contributed by atoms with Crippen molar-refractivity contribution in [3.05, 3.63) is 0 Å². The van der Waals surface area contributed by atoms with Crippen molar-refractivity contribution in [3.8, 4) is 0 Å². The van der Waals surface area contributed by atoms with Gasteiger partial charge in [-0.3, -0.25) is 9.59 Å². The van der Waals surface area contributed by atoms with Crippen LogP contribution >= 0.6 is 0 Å². The molecular formula is C53H105NO6. The first-order valence-corrected chi connectivity index (χ1v) is 26.3. The van der Waals surface area contributed by atoms with Crippen molar-refractivity contribution in [1.82, 2.24) is 4.90 Å². The van der Waals surface area contributed by atoms with Gasteiger partial charge in [0.25, 0.3) is 0 Å². The molecule has 0 radical (unpaired) electrons. The van der Waals surface area contributed by atoms with Gasteiger partial charge < -0.3 is 23.9 Å². The Morgan fingerprint density at radius 2 is 0.883 bits per heavy atom. The highest BCUT2D eigenvalue weighted by molar-refractivity contribution is 5.72.